The van der Waals surface area contributed by atoms with Crippen LogP contribution in [0.25, 0.3) is 0 Å². The first-order valence-electron chi connectivity index (χ1n) is 8.34. The second kappa shape index (κ2) is 8.45. The first-order valence-corrected chi connectivity index (χ1v) is 8.72. The Kier molecular flexibility index (Phi) is 5.81. The van der Waals surface area contributed by atoms with Gasteiger partial charge < -0.3 is 10.2 Å². The van der Waals surface area contributed by atoms with Gasteiger partial charge in [0.2, 0.25) is 0 Å². The number of carbonyl (C=O) groups is 1. The lowest BCUT2D eigenvalue weighted by atomic mass is 10.2. The highest BCUT2D eigenvalue weighted by atomic mass is 35.5. The van der Waals surface area contributed by atoms with E-state index in [0.717, 1.165) is 11.3 Å². The lowest BCUT2D eigenvalue weighted by molar-refractivity contribution is 0.0983. The molecule has 5 nitrogen and oxygen atoms in total. The van der Waals surface area contributed by atoms with Gasteiger partial charge in [0.15, 0.2) is 0 Å². The minimum Gasteiger partial charge on any atom is -0.365 e. The summed E-state index contributed by atoms with van der Waals surface area (Å²) in [4.78, 5) is 22.9. The molecule has 2 aromatic carbocycles. The van der Waals surface area contributed by atoms with Gasteiger partial charge in [0, 0.05) is 23.8 Å². The molecule has 0 spiro atoms. The molecule has 0 fully saturated rings. The van der Waals surface area contributed by atoms with Gasteiger partial charge in [-0.15, -0.1) is 0 Å². The number of para-hydroxylation sites is 1. The van der Waals surface area contributed by atoms with E-state index in [0.29, 0.717) is 29.6 Å². The molecule has 1 amide bonds. The van der Waals surface area contributed by atoms with E-state index in [4.69, 9.17) is 11.6 Å². The standard InChI is InChI=1S/C20H19ClN4O/c1-2-25(17-6-4-3-5-7-17)20(26)18-13-24-19(14-22-18)23-12-15-8-10-16(21)11-9-15/h3-11,13-14H,2,12H2,1H3,(H,23,24). The fourth-order valence-corrected chi connectivity index (χ4v) is 2.64. The van der Waals surface area contributed by atoms with Crippen LogP contribution in [0.15, 0.2) is 67.0 Å². The van der Waals surface area contributed by atoms with Crippen LogP contribution in [0.3, 0.4) is 0 Å². The zero-order valence-electron chi connectivity index (χ0n) is 14.4. The van der Waals surface area contributed by atoms with Crippen LogP contribution in [0.5, 0.6) is 0 Å². The van der Waals surface area contributed by atoms with Gasteiger partial charge in [0.25, 0.3) is 5.91 Å². The van der Waals surface area contributed by atoms with Gasteiger partial charge in [0.1, 0.15) is 11.5 Å². The molecule has 1 heterocycles. The van der Waals surface area contributed by atoms with Crippen LogP contribution in [0.2, 0.25) is 5.02 Å². The Labute approximate surface area is 157 Å². The summed E-state index contributed by atoms with van der Waals surface area (Å²) in [6.45, 7) is 3.09. The van der Waals surface area contributed by atoms with E-state index in [-0.39, 0.29) is 5.91 Å². The van der Waals surface area contributed by atoms with E-state index < -0.39 is 0 Å². The summed E-state index contributed by atoms with van der Waals surface area (Å²) >= 11 is 5.88. The average Bonchev–Trinajstić information content (AvgIpc) is 2.69. The van der Waals surface area contributed by atoms with Crippen LogP contribution < -0.4 is 10.2 Å². The lowest BCUT2D eigenvalue weighted by Crippen LogP contribution is -2.31. The number of rotatable bonds is 6. The van der Waals surface area contributed by atoms with E-state index in [2.05, 4.69) is 15.3 Å². The Bertz CT molecular complexity index is 851. The van der Waals surface area contributed by atoms with Gasteiger partial charge in [0.05, 0.1) is 12.4 Å². The monoisotopic (exact) mass is 366 g/mol. The van der Waals surface area contributed by atoms with Crippen molar-refractivity contribution in [3.05, 3.63) is 83.3 Å². The normalized spacial score (nSPS) is 10.4. The van der Waals surface area contributed by atoms with Crippen molar-refractivity contribution in [3.63, 3.8) is 0 Å². The quantitative estimate of drug-likeness (QED) is 0.702. The highest BCUT2D eigenvalue weighted by molar-refractivity contribution is 6.30. The average molecular weight is 367 g/mol. The van der Waals surface area contributed by atoms with Crippen molar-refractivity contribution in [3.8, 4) is 0 Å². The molecule has 0 saturated heterocycles. The van der Waals surface area contributed by atoms with Gasteiger partial charge in [-0.2, -0.15) is 0 Å². The van der Waals surface area contributed by atoms with Crippen LogP contribution in [0, 0.1) is 0 Å². The molecule has 0 aliphatic carbocycles. The fraction of sp³-hybridized carbons (Fsp3) is 0.150. The van der Waals surface area contributed by atoms with Gasteiger partial charge in [-0.3, -0.25) is 4.79 Å². The summed E-state index contributed by atoms with van der Waals surface area (Å²) in [6, 6.07) is 17.1. The van der Waals surface area contributed by atoms with Crippen LogP contribution >= 0.6 is 11.6 Å². The minimum atomic E-state index is -0.171. The second-order valence-electron chi connectivity index (χ2n) is 5.65. The van der Waals surface area contributed by atoms with Crippen molar-refractivity contribution in [2.24, 2.45) is 0 Å². The number of carbonyl (C=O) groups excluding carboxylic acids is 1. The van der Waals surface area contributed by atoms with E-state index in [1.807, 2.05) is 61.5 Å². The molecule has 0 radical (unpaired) electrons. The minimum absolute atomic E-state index is 0.171. The second-order valence-corrected chi connectivity index (χ2v) is 6.09. The molecule has 3 rings (SSSR count). The summed E-state index contributed by atoms with van der Waals surface area (Å²) in [5, 5.41) is 3.88. The highest BCUT2D eigenvalue weighted by Gasteiger charge is 2.17. The van der Waals surface area contributed by atoms with Crippen molar-refractivity contribution >= 4 is 29.0 Å². The molecule has 6 heteroatoms. The van der Waals surface area contributed by atoms with Crippen LogP contribution in [-0.4, -0.2) is 22.4 Å². The third-order valence-corrected chi connectivity index (χ3v) is 4.14. The molecule has 1 N–H and O–H groups in total. The third-order valence-electron chi connectivity index (χ3n) is 3.89. The summed E-state index contributed by atoms with van der Waals surface area (Å²) in [6.07, 6.45) is 3.07. The number of aromatic nitrogens is 2. The SMILES string of the molecule is CCN(C(=O)c1cnc(NCc2ccc(Cl)cc2)cn1)c1ccccc1. The van der Waals surface area contributed by atoms with Crippen LogP contribution in [0.1, 0.15) is 23.0 Å². The highest BCUT2D eigenvalue weighted by Crippen LogP contribution is 2.16. The predicted molar refractivity (Wildman–Crippen MR) is 105 cm³/mol. The molecular weight excluding hydrogens is 348 g/mol. The van der Waals surface area contributed by atoms with Crippen molar-refractivity contribution < 1.29 is 4.79 Å². The molecule has 0 saturated carbocycles. The van der Waals surface area contributed by atoms with Crippen molar-refractivity contribution in [1.82, 2.24) is 9.97 Å². The van der Waals surface area contributed by atoms with Crippen molar-refractivity contribution in [2.45, 2.75) is 13.5 Å². The predicted octanol–water partition coefficient (Wildman–Crippen LogP) is 4.41. The van der Waals surface area contributed by atoms with Gasteiger partial charge in [-0.05, 0) is 36.8 Å². The summed E-state index contributed by atoms with van der Waals surface area (Å²) in [7, 11) is 0. The summed E-state index contributed by atoms with van der Waals surface area (Å²) in [5.41, 5.74) is 2.23. The molecule has 0 aliphatic heterocycles. The van der Waals surface area contributed by atoms with Gasteiger partial charge in [-0.1, -0.05) is 41.9 Å². The molecule has 26 heavy (non-hydrogen) atoms. The van der Waals surface area contributed by atoms with Crippen molar-refractivity contribution in [1.29, 1.82) is 0 Å². The smallest absolute Gasteiger partial charge is 0.278 e. The van der Waals surface area contributed by atoms with E-state index in [9.17, 15) is 4.79 Å². The van der Waals surface area contributed by atoms with Gasteiger partial charge >= 0.3 is 0 Å². The number of halogens is 1. The van der Waals surface area contributed by atoms with Crippen LogP contribution in [-0.2, 0) is 6.54 Å². The Balaban J connectivity index is 1.66. The number of hydrogen-bond acceptors (Lipinski definition) is 4. The number of benzene rings is 2. The number of nitrogens with zero attached hydrogens (tertiary/aromatic N) is 3. The number of anilines is 2. The first-order chi connectivity index (χ1) is 12.7. The maximum atomic E-state index is 12.7. The Hall–Kier alpha value is -2.92. The molecule has 132 valence electrons. The van der Waals surface area contributed by atoms with Crippen LogP contribution in [0.4, 0.5) is 11.5 Å². The summed E-state index contributed by atoms with van der Waals surface area (Å²) < 4.78 is 0. The Morgan fingerprint density at radius 2 is 1.77 bits per heavy atom. The molecule has 0 bridgehead atoms. The van der Waals surface area contributed by atoms with E-state index in [1.54, 1.807) is 11.1 Å². The van der Waals surface area contributed by atoms with Crippen molar-refractivity contribution in [2.75, 3.05) is 16.8 Å². The molecule has 0 unspecified atom stereocenters. The molecule has 0 aliphatic rings. The number of nitrogens with one attached hydrogen (secondary N) is 1. The Morgan fingerprint density at radius 1 is 1.04 bits per heavy atom. The topological polar surface area (TPSA) is 58.1 Å². The zero-order chi connectivity index (χ0) is 18.4. The maximum Gasteiger partial charge on any atom is 0.278 e. The lowest BCUT2D eigenvalue weighted by Gasteiger charge is -2.20. The third kappa shape index (κ3) is 4.37. The Morgan fingerprint density at radius 3 is 2.38 bits per heavy atom. The van der Waals surface area contributed by atoms with E-state index >= 15 is 0 Å². The molecule has 0 atom stereocenters. The molecular formula is C20H19ClN4O. The largest absolute Gasteiger partial charge is 0.365 e. The first kappa shape index (κ1) is 17.9. The van der Waals surface area contributed by atoms with Gasteiger partial charge in [-0.25, -0.2) is 9.97 Å². The zero-order valence-corrected chi connectivity index (χ0v) is 15.1. The molecule has 1 aromatic heterocycles. The number of hydrogen-bond donors (Lipinski definition) is 1. The maximum absolute atomic E-state index is 12.7. The summed E-state index contributed by atoms with van der Waals surface area (Å²) in [5.74, 6) is 0.440. The van der Waals surface area contributed by atoms with E-state index in [1.165, 1.54) is 6.20 Å². The number of amides is 1. The molecule has 3 aromatic rings. The fourth-order valence-electron chi connectivity index (χ4n) is 2.51.